The molecule has 16 heavy (non-hydrogen) atoms. The van der Waals surface area contributed by atoms with E-state index in [2.05, 4.69) is 12.2 Å². The van der Waals surface area contributed by atoms with Gasteiger partial charge in [0, 0.05) is 5.56 Å². The smallest absolute Gasteiger partial charge is 0.299 e. The molecule has 3 nitrogen and oxygen atoms in total. The van der Waals surface area contributed by atoms with E-state index in [9.17, 15) is 18.0 Å². The van der Waals surface area contributed by atoms with E-state index in [4.69, 9.17) is 0 Å². The normalized spacial score (nSPS) is 10.7. The van der Waals surface area contributed by atoms with E-state index in [1.807, 2.05) is 5.32 Å². The average Bonchev–Trinajstić information content (AvgIpc) is 2.16. The molecule has 2 N–H and O–H groups in total. The van der Waals surface area contributed by atoms with Gasteiger partial charge in [0.2, 0.25) is 0 Å². The fourth-order valence-electron chi connectivity index (χ4n) is 0.925. The number of alkyl halides is 3. The van der Waals surface area contributed by atoms with Crippen LogP contribution in [0, 0.1) is 0 Å². The summed E-state index contributed by atoms with van der Waals surface area (Å²) in [5.74, 6) is -0.692. The van der Waals surface area contributed by atoms with Crippen molar-refractivity contribution in [2.75, 3.05) is 0 Å². The van der Waals surface area contributed by atoms with Crippen LogP contribution in [0.4, 0.5) is 13.2 Å². The van der Waals surface area contributed by atoms with Gasteiger partial charge < -0.3 is 0 Å². The minimum Gasteiger partial charge on any atom is -0.299 e. The summed E-state index contributed by atoms with van der Waals surface area (Å²) in [5.41, 5.74) is 0.230. The zero-order valence-electron chi connectivity index (χ0n) is 7.84. The van der Waals surface area contributed by atoms with Gasteiger partial charge in [-0.3, -0.25) is 15.4 Å². The number of hydrogen-bond donors (Lipinski definition) is 2. The molecule has 86 valence electrons. The third kappa shape index (κ3) is 4.26. The Labute approximate surface area is 94.6 Å². The first-order valence-corrected chi connectivity index (χ1v) is 4.54. The van der Waals surface area contributed by atoms with Crippen LogP contribution < -0.4 is 10.6 Å². The summed E-state index contributed by atoms with van der Waals surface area (Å²) in [4.78, 5) is 11.3. The maximum absolute atomic E-state index is 11.8. The fraction of sp³-hybridized carbons (Fsp3) is 0.111. The molecule has 0 aliphatic rings. The van der Waals surface area contributed by atoms with Crippen LogP contribution in [0.3, 0.4) is 0 Å². The summed E-state index contributed by atoms with van der Waals surface area (Å²) in [6.07, 6.45) is -4.65. The largest absolute Gasteiger partial charge is 0.484 e. The van der Waals surface area contributed by atoms with Crippen molar-refractivity contribution in [2.45, 2.75) is 6.30 Å². The Balaban J connectivity index is 2.56. The third-order valence-electron chi connectivity index (χ3n) is 1.52. The van der Waals surface area contributed by atoms with Gasteiger partial charge in [-0.05, 0) is 24.4 Å². The highest BCUT2D eigenvalue weighted by molar-refractivity contribution is 7.80. The topological polar surface area (TPSA) is 41.1 Å². The molecular weight excluding hydrogens is 241 g/mol. The Morgan fingerprint density at radius 3 is 2.25 bits per heavy atom. The van der Waals surface area contributed by atoms with Gasteiger partial charge in [-0.15, -0.1) is 0 Å². The molecule has 0 aliphatic carbocycles. The summed E-state index contributed by atoms with van der Waals surface area (Å²) in [7, 11) is 0. The number of amides is 1. The summed E-state index contributed by atoms with van der Waals surface area (Å²) in [5, 5.41) is 2.16. The molecule has 0 aliphatic heterocycles. The average molecular weight is 248 g/mol. The van der Waals surface area contributed by atoms with Crippen LogP contribution in [0.15, 0.2) is 30.3 Å². The van der Waals surface area contributed by atoms with Crippen LogP contribution in [-0.4, -0.2) is 17.3 Å². The molecule has 7 heteroatoms. The van der Waals surface area contributed by atoms with Crippen molar-refractivity contribution in [3.05, 3.63) is 35.9 Å². The first kappa shape index (κ1) is 12.4. The van der Waals surface area contributed by atoms with Crippen molar-refractivity contribution in [1.82, 2.24) is 10.6 Å². The number of hydrogen-bond acceptors (Lipinski definition) is 2. The number of nitrogens with one attached hydrogen (secondary N) is 2. The molecule has 0 heterocycles. The van der Waals surface area contributed by atoms with E-state index in [1.165, 1.54) is 12.1 Å². The zero-order valence-corrected chi connectivity index (χ0v) is 8.65. The molecular formula is C9H7F3N2OS. The van der Waals surface area contributed by atoms with Crippen LogP contribution >= 0.6 is 12.2 Å². The molecule has 1 aromatic rings. The van der Waals surface area contributed by atoms with Gasteiger partial charge in [0.25, 0.3) is 5.91 Å². The lowest BCUT2D eigenvalue weighted by Crippen LogP contribution is -2.46. The Hall–Kier alpha value is -1.63. The van der Waals surface area contributed by atoms with Gasteiger partial charge in [-0.1, -0.05) is 18.2 Å². The highest BCUT2D eigenvalue weighted by Gasteiger charge is 2.28. The number of carbonyl (C=O) groups is 1. The second-order valence-corrected chi connectivity index (χ2v) is 3.18. The molecule has 0 fully saturated rings. The van der Waals surface area contributed by atoms with Gasteiger partial charge in [0.05, 0.1) is 0 Å². The van der Waals surface area contributed by atoms with Crippen molar-refractivity contribution >= 4 is 23.2 Å². The van der Waals surface area contributed by atoms with Crippen LogP contribution in [0.25, 0.3) is 0 Å². The standard InChI is InChI=1S/C9H7F3N2OS/c10-9(11,12)14-8(16)13-7(15)6-4-2-1-3-5-6/h1-5H,(H2,13,14,15,16). The number of benzene rings is 1. The number of halogens is 3. The Bertz CT molecular complexity index is 391. The van der Waals surface area contributed by atoms with E-state index in [0.29, 0.717) is 0 Å². The lowest BCUT2D eigenvalue weighted by atomic mass is 10.2. The molecule has 0 saturated carbocycles. The van der Waals surface area contributed by atoms with Gasteiger partial charge in [-0.25, -0.2) is 0 Å². The Kier molecular flexibility index (Phi) is 3.83. The second kappa shape index (κ2) is 4.93. The molecule has 1 rings (SSSR count). The molecule has 1 aromatic carbocycles. The van der Waals surface area contributed by atoms with E-state index < -0.39 is 17.3 Å². The van der Waals surface area contributed by atoms with E-state index in [1.54, 1.807) is 18.2 Å². The first-order valence-electron chi connectivity index (χ1n) is 4.14. The summed E-state index contributed by atoms with van der Waals surface area (Å²) >= 11 is 4.32. The highest BCUT2D eigenvalue weighted by Crippen LogP contribution is 2.08. The molecule has 1 amide bonds. The van der Waals surface area contributed by atoms with Crippen molar-refractivity contribution < 1.29 is 18.0 Å². The number of carbonyl (C=O) groups excluding carboxylic acids is 1. The van der Waals surface area contributed by atoms with E-state index in [0.717, 1.165) is 5.32 Å². The third-order valence-corrected chi connectivity index (χ3v) is 1.72. The first-order chi connectivity index (χ1) is 7.38. The summed E-state index contributed by atoms with van der Waals surface area (Å²) in [6, 6.07) is 7.80. The maximum Gasteiger partial charge on any atom is 0.484 e. The molecule has 0 bridgehead atoms. The molecule has 0 radical (unpaired) electrons. The van der Waals surface area contributed by atoms with Gasteiger partial charge in [0.15, 0.2) is 5.11 Å². The van der Waals surface area contributed by atoms with Gasteiger partial charge in [-0.2, -0.15) is 13.2 Å². The highest BCUT2D eigenvalue weighted by atomic mass is 32.1. The maximum atomic E-state index is 11.8. The molecule has 0 atom stereocenters. The van der Waals surface area contributed by atoms with Gasteiger partial charge in [0.1, 0.15) is 0 Å². The SMILES string of the molecule is O=C(NC(=S)NC(F)(F)F)c1ccccc1. The Morgan fingerprint density at radius 2 is 1.75 bits per heavy atom. The summed E-state index contributed by atoms with van der Waals surface area (Å²) in [6.45, 7) is 0. The van der Waals surface area contributed by atoms with Gasteiger partial charge >= 0.3 is 6.30 Å². The molecule has 0 saturated heterocycles. The monoisotopic (exact) mass is 248 g/mol. The minimum absolute atomic E-state index is 0.230. The van der Waals surface area contributed by atoms with Crippen LogP contribution in [0.5, 0.6) is 0 Å². The van der Waals surface area contributed by atoms with Crippen molar-refractivity contribution in [3.8, 4) is 0 Å². The Morgan fingerprint density at radius 1 is 1.19 bits per heavy atom. The van der Waals surface area contributed by atoms with Crippen molar-refractivity contribution in [1.29, 1.82) is 0 Å². The zero-order chi connectivity index (χ0) is 12.2. The van der Waals surface area contributed by atoms with E-state index >= 15 is 0 Å². The minimum atomic E-state index is -4.65. The quantitative estimate of drug-likeness (QED) is 0.588. The van der Waals surface area contributed by atoms with Crippen molar-refractivity contribution in [2.24, 2.45) is 0 Å². The number of thiocarbonyl (C=S) groups is 1. The molecule has 0 aromatic heterocycles. The second-order valence-electron chi connectivity index (χ2n) is 2.77. The predicted molar refractivity (Wildman–Crippen MR) is 55.7 cm³/mol. The van der Waals surface area contributed by atoms with E-state index in [-0.39, 0.29) is 5.56 Å². The predicted octanol–water partition coefficient (Wildman–Crippen LogP) is 1.81. The van der Waals surface area contributed by atoms with Crippen molar-refractivity contribution in [3.63, 3.8) is 0 Å². The van der Waals surface area contributed by atoms with Crippen LogP contribution in [0.1, 0.15) is 10.4 Å². The summed E-state index contributed by atoms with van der Waals surface area (Å²) < 4.78 is 35.4. The lowest BCUT2D eigenvalue weighted by molar-refractivity contribution is -0.141. The van der Waals surface area contributed by atoms with Crippen LogP contribution in [-0.2, 0) is 0 Å². The fourth-order valence-corrected chi connectivity index (χ4v) is 1.13. The lowest BCUT2D eigenvalue weighted by Gasteiger charge is -2.11. The molecule has 0 unspecified atom stereocenters. The number of rotatable bonds is 1. The molecule has 0 spiro atoms. The van der Waals surface area contributed by atoms with Crippen LogP contribution in [0.2, 0.25) is 0 Å².